The fraction of sp³-hybridized carbons (Fsp3) is 1.00. The smallest absolute Gasteiger partial charge is 0.151 e. The highest BCUT2D eigenvalue weighted by Gasteiger charge is 2.39. The summed E-state index contributed by atoms with van der Waals surface area (Å²) in [6.45, 7) is 3.72. The molecule has 0 amide bonds. The van der Waals surface area contributed by atoms with Gasteiger partial charge in [-0.25, -0.2) is 8.42 Å². The summed E-state index contributed by atoms with van der Waals surface area (Å²) in [6.07, 6.45) is 5.37. The first-order chi connectivity index (χ1) is 7.50. The van der Waals surface area contributed by atoms with Crippen LogP contribution in [-0.4, -0.2) is 32.0 Å². The Balaban J connectivity index is 1.82. The van der Waals surface area contributed by atoms with Crippen LogP contribution in [0.15, 0.2) is 0 Å². The van der Waals surface area contributed by atoms with Gasteiger partial charge >= 0.3 is 0 Å². The van der Waals surface area contributed by atoms with Crippen LogP contribution in [0.2, 0.25) is 0 Å². The van der Waals surface area contributed by atoms with Crippen LogP contribution < -0.4 is 5.32 Å². The Morgan fingerprint density at radius 2 is 2.06 bits per heavy atom. The maximum absolute atomic E-state index is 11.5. The maximum Gasteiger partial charge on any atom is 0.151 e. The van der Waals surface area contributed by atoms with Gasteiger partial charge in [0.25, 0.3) is 0 Å². The number of rotatable bonds is 5. The molecule has 3 nitrogen and oxygen atoms in total. The fourth-order valence-corrected chi connectivity index (χ4v) is 4.45. The Morgan fingerprint density at radius 1 is 1.31 bits per heavy atom. The maximum atomic E-state index is 11.5. The molecule has 0 spiro atoms. The van der Waals surface area contributed by atoms with Crippen LogP contribution in [-0.2, 0) is 9.84 Å². The third-order valence-electron chi connectivity index (χ3n) is 4.18. The molecule has 2 fully saturated rings. The lowest BCUT2D eigenvalue weighted by Crippen LogP contribution is -2.43. The molecular formula is C12H23NO2S. The van der Waals surface area contributed by atoms with Gasteiger partial charge in [0.2, 0.25) is 0 Å². The highest BCUT2D eigenvalue weighted by molar-refractivity contribution is 7.91. The molecule has 2 aliphatic carbocycles. The second-order valence-electron chi connectivity index (χ2n) is 5.55. The zero-order valence-electron chi connectivity index (χ0n) is 10.3. The summed E-state index contributed by atoms with van der Waals surface area (Å²) in [5.41, 5.74) is 0. The Morgan fingerprint density at radius 3 is 2.56 bits per heavy atom. The molecule has 4 atom stereocenters. The summed E-state index contributed by atoms with van der Waals surface area (Å²) < 4.78 is 23.0. The van der Waals surface area contributed by atoms with Gasteiger partial charge in [-0.3, -0.25) is 0 Å². The first-order valence-electron chi connectivity index (χ1n) is 6.46. The van der Waals surface area contributed by atoms with Crippen LogP contribution in [0.4, 0.5) is 0 Å². The van der Waals surface area contributed by atoms with Crippen molar-refractivity contribution in [1.29, 1.82) is 0 Å². The SMILES string of the molecule is CCS(=O)(=O)CC(C)NC1CC2CCC1C2. The van der Waals surface area contributed by atoms with Crippen LogP contribution in [0.25, 0.3) is 0 Å². The molecule has 0 aromatic rings. The lowest BCUT2D eigenvalue weighted by molar-refractivity contribution is 0.332. The molecule has 0 saturated heterocycles. The normalized spacial score (nSPS) is 35.5. The van der Waals surface area contributed by atoms with E-state index in [1.54, 1.807) is 6.92 Å². The molecule has 16 heavy (non-hydrogen) atoms. The minimum Gasteiger partial charge on any atom is -0.310 e. The lowest BCUT2D eigenvalue weighted by Gasteiger charge is -2.26. The Bertz CT molecular complexity index is 339. The van der Waals surface area contributed by atoms with Crippen molar-refractivity contribution in [3.8, 4) is 0 Å². The Labute approximate surface area is 98.9 Å². The zero-order chi connectivity index (χ0) is 11.8. The van der Waals surface area contributed by atoms with Gasteiger partial charge in [0, 0.05) is 17.8 Å². The molecule has 4 heteroatoms. The molecule has 0 heterocycles. The minimum absolute atomic E-state index is 0.106. The molecule has 2 saturated carbocycles. The van der Waals surface area contributed by atoms with Gasteiger partial charge in [-0.2, -0.15) is 0 Å². The monoisotopic (exact) mass is 245 g/mol. The van der Waals surface area contributed by atoms with Crippen molar-refractivity contribution in [1.82, 2.24) is 5.32 Å². The zero-order valence-corrected chi connectivity index (χ0v) is 11.1. The number of fused-ring (bicyclic) bond motifs is 2. The van der Waals surface area contributed by atoms with Crippen LogP contribution in [0, 0.1) is 11.8 Å². The molecule has 1 N–H and O–H groups in total. The molecule has 2 aliphatic rings. The molecular weight excluding hydrogens is 222 g/mol. The Hall–Kier alpha value is -0.0900. The summed E-state index contributed by atoms with van der Waals surface area (Å²) in [7, 11) is -2.84. The van der Waals surface area contributed by atoms with E-state index in [4.69, 9.17) is 0 Å². The van der Waals surface area contributed by atoms with E-state index in [2.05, 4.69) is 5.32 Å². The fourth-order valence-electron chi connectivity index (χ4n) is 3.36. The average Bonchev–Trinajstić information content (AvgIpc) is 2.78. The van der Waals surface area contributed by atoms with Crippen molar-refractivity contribution in [2.24, 2.45) is 11.8 Å². The molecule has 0 radical (unpaired) electrons. The van der Waals surface area contributed by atoms with Crippen molar-refractivity contribution in [3.63, 3.8) is 0 Å². The van der Waals surface area contributed by atoms with E-state index in [-0.39, 0.29) is 17.5 Å². The second kappa shape index (κ2) is 4.65. The van der Waals surface area contributed by atoms with Gasteiger partial charge in [0.1, 0.15) is 0 Å². The van der Waals surface area contributed by atoms with Gasteiger partial charge in [-0.15, -0.1) is 0 Å². The quantitative estimate of drug-likeness (QED) is 0.800. The van der Waals surface area contributed by atoms with E-state index in [0.29, 0.717) is 6.04 Å². The van der Waals surface area contributed by atoms with Crippen molar-refractivity contribution in [2.75, 3.05) is 11.5 Å². The second-order valence-corrected chi connectivity index (χ2v) is 7.95. The lowest BCUT2D eigenvalue weighted by atomic mass is 9.95. The molecule has 2 rings (SSSR count). The molecule has 2 bridgehead atoms. The van der Waals surface area contributed by atoms with E-state index in [1.165, 1.54) is 25.7 Å². The van der Waals surface area contributed by atoms with Gasteiger partial charge in [-0.05, 0) is 38.0 Å². The van der Waals surface area contributed by atoms with Gasteiger partial charge in [0.15, 0.2) is 9.84 Å². The number of hydrogen-bond acceptors (Lipinski definition) is 3. The van der Waals surface area contributed by atoms with Gasteiger partial charge in [-0.1, -0.05) is 13.3 Å². The van der Waals surface area contributed by atoms with Crippen LogP contribution in [0.1, 0.15) is 39.5 Å². The summed E-state index contributed by atoms with van der Waals surface area (Å²) in [6, 6.07) is 0.690. The number of nitrogens with one attached hydrogen (secondary N) is 1. The highest BCUT2D eigenvalue weighted by Crippen LogP contribution is 2.44. The van der Waals surface area contributed by atoms with E-state index < -0.39 is 9.84 Å². The summed E-state index contributed by atoms with van der Waals surface area (Å²) >= 11 is 0. The summed E-state index contributed by atoms with van der Waals surface area (Å²) in [5, 5.41) is 3.52. The van der Waals surface area contributed by atoms with Crippen molar-refractivity contribution < 1.29 is 8.42 Å². The number of hydrogen-bond donors (Lipinski definition) is 1. The standard InChI is InChI=1S/C12H23NO2S/c1-3-16(14,15)8-9(2)13-12-7-10-4-5-11(12)6-10/h9-13H,3-8H2,1-2H3. The first-order valence-corrected chi connectivity index (χ1v) is 8.28. The van der Waals surface area contributed by atoms with Crippen molar-refractivity contribution in [3.05, 3.63) is 0 Å². The molecule has 4 unspecified atom stereocenters. The molecule has 0 aromatic heterocycles. The van der Waals surface area contributed by atoms with Crippen LogP contribution >= 0.6 is 0 Å². The summed E-state index contributed by atoms with van der Waals surface area (Å²) in [4.78, 5) is 0. The van der Waals surface area contributed by atoms with Crippen LogP contribution in [0.3, 0.4) is 0 Å². The van der Waals surface area contributed by atoms with E-state index in [0.717, 1.165) is 11.8 Å². The average molecular weight is 245 g/mol. The van der Waals surface area contributed by atoms with Crippen LogP contribution in [0.5, 0.6) is 0 Å². The molecule has 0 aliphatic heterocycles. The summed E-state index contributed by atoms with van der Waals surface area (Å²) in [5.74, 6) is 2.28. The predicted octanol–water partition coefficient (Wildman–Crippen LogP) is 1.59. The molecule has 94 valence electrons. The van der Waals surface area contributed by atoms with E-state index in [9.17, 15) is 8.42 Å². The largest absolute Gasteiger partial charge is 0.310 e. The molecule has 0 aromatic carbocycles. The predicted molar refractivity (Wildman–Crippen MR) is 66.2 cm³/mol. The number of sulfone groups is 1. The van der Waals surface area contributed by atoms with Gasteiger partial charge < -0.3 is 5.32 Å². The topological polar surface area (TPSA) is 46.2 Å². The third kappa shape index (κ3) is 2.77. The van der Waals surface area contributed by atoms with E-state index >= 15 is 0 Å². The van der Waals surface area contributed by atoms with Crippen molar-refractivity contribution in [2.45, 2.75) is 51.6 Å². The Kier molecular flexibility index (Phi) is 3.59. The minimum atomic E-state index is -2.84. The third-order valence-corrected chi connectivity index (χ3v) is 6.07. The van der Waals surface area contributed by atoms with Crippen molar-refractivity contribution >= 4 is 9.84 Å². The van der Waals surface area contributed by atoms with Gasteiger partial charge in [0.05, 0.1) is 5.75 Å². The first kappa shape index (κ1) is 12.4. The highest BCUT2D eigenvalue weighted by atomic mass is 32.2. The van der Waals surface area contributed by atoms with E-state index in [1.807, 2.05) is 6.92 Å².